The molecule has 5 heteroatoms. The third-order valence-corrected chi connectivity index (χ3v) is 7.41. The quantitative estimate of drug-likeness (QED) is 0.771. The predicted molar refractivity (Wildman–Crippen MR) is 113 cm³/mol. The second-order valence-corrected chi connectivity index (χ2v) is 10.3. The van der Waals surface area contributed by atoms with Gasteiger partial charge in [0.1, 0.15) is 11.6 Å². The second kappa shape index (κ2) is 5.93. The smallest absolute Gasteiger partial charge is 0.248 e. The van der Waals surface area contributed by atoms with Gasteiger partial charge in [0, 0.05) is 35.3 Å². The number of nitrogens with one attached hydrogen (secondary N) is 1. The van der Waals surface area contributed by atoms with E-state index in [1.54, 1.807) is 11.0 Å². The molecule has 5 nitrogen and oxygen atoms in total. The first-order valence-corrected chi connectivity index (χ1v) is 10.7. The molecule has 1 aromatic carbocycles. The maximum absolute atomic E-state index is 14.0. The summed E-state index contributed by atoms with van der Waals surface area (Å²) in [7, 11) is 0. The van der Waals surface area contributed by atoms with Crippen molar-refractivity contribution in [3.8, 4) is 0 Å². The Morgan fingerprint density at radius 1 is 1.10 bits per heavy atom. The fourth-order valence-corrected chi connectivity index (χ4v) is 6.61. The molecule has 30 heavy (non-hydrogen) atoms. The summed E-state index contributed by atoms with van der Waals surface area (Å²) >= 11 is 0. The Labute approximate surface area is 177 Å². The summed E-state index contributed by atoms with van der Waals surface area (Å²) < 4.78 is 0. The highest BCUT2D eigenvalue weighted by Crippen LogP contribution is 2.66. The van der Waals surface area contributed by atoms with Crippen LogP contribution < -0.4 is 5.32 Å². The van der Waals surface area contributed by atoms with Crippen molar-refractivity contribution in [3.63, 3.8) is 0 Å². The molecular formula is C25H28N2O3. The molecule has 5 aliphatic rings. The standard InChI is InChI=1S/C25H28N2O3/c1-13-11-16-20-19(15-9-7-6-8-10-15)18(13)22(29)25(16)14(2)12-17(28)27(25)21(20)23(30)26-24(3,4)5/h6-12,16,18-21H,1-5H3,(H,26,30)/t16-,18+,19-,20-,21-,25+/m1/s1. The van der Waals surface area contributed by atoms with E-state index in [0.717, 1.165) is 16.7 Å². The van der Waals surface area contributed by atoms with Gasteiger partial charge in [-0.2, -0.15) is 0 Å². The maximum atomic E-state index is 14.0. The van der Waals surface area contributed by atoms with Crippen molar-refractivity contribution < 1.29 is 14.4 Å². The van der Waals surface area contributed by atoms with E-state index in [-0.39, 0.29) is 41.3 Å². The molecular weight excluding hydrogens is 376 g/mol. The molecule has 3 aliphatic carbocycles. The van der Waals surface area contributed by atoms with Gasteiger partial charge in [-0.1, -0.05) is 42.0 Å². The Hall–Kier alpha value is -2.69. The number of amides is 2. The molecule has 2 heterocycles. The summed E-state index contributed by atoms with van der Waals surface area (Å²) in [4.78, 5) is 42.4. The number of hydrogen-bond acceptors (Lipinski definition) is 3. The fourth-order valence-electron chi connectivity index (χ4n) is 6.61. The zero-order valence-electron chi connectivity index (χ0n) is 18.1. The van der Waals surface area contributed by atoms with Gasteiger partial charge in [0.05, 0.1) is 0 Å². The van der Waals surface area contributed by atoms with Gasteiger partial charge in [-0.25, -0.2) is 0 Å². The van der Waals surface area contributed by atoms with Crippen molar-refractivity contribution in [2.24, 2.45) is 17.8 Å². The number of nitrogens with zero attached hydrogens (tertiary/aromatic N) is 1. The molecule has 0 radical (unpaired) electrons. The number of benzene rings is 1. The van der Waals surface area contributed by atoms with E-state index in [4.69, 9.17) is 0 Å². The van der Waals surface area contributed by atoms with Crippen molar-refractivity contribution in [1.82, 2.24) is 10.2 Å². The lowest BCUT2D eigenvalue weighted by Crippen LogP contribution is -2.61. The van der Waals surface area contributed by atoms with E-state index in [9.17, 15) is 14.4 Å². The molecule has 1 N–H and O–H groups in total. The zero-order chi connectivity index (χ0) is 21.6. The summed E-state index contributed by atoms with van der Waals surface area (Å²) in [6.07, 6.45) is 3.73. The van der Waals surface area contributed by atoms with Gasteiger partial charge >= 0.3 is 0 Å². The number of carbonyl (C=O) groups is 3. The summed E-state index contributed by atoms with van der Waals surface area (Å²) in [6, 6.07) is 9.35. The number of hydrogen-bond donors (Lipinski definition) is 1. The predicted octanol–water partition coefficient (Wildman–Crippen LogP) is 2.99. The van der Waals surface area contributed by atoms with Crippen LogP contribution >= 0.6 is 0 Å². The molecule has 1 spiro atoms. The van der Waals surface area contributed by atoms with Crippen LogP contribution in [0.2, 0.25) is 0 Å². The van der Waals surface area contributed by atoms with Crippen LogP contribution in [0.3, 0.4) is 0 Å². The van der Waals surface area contributed by atoms with Gasteiger partial charge in [-0.05, 0) is 45.8 Å². The Kier molecular flexibility index (Phi) is 3.81. The minimum Gasteiger partial charge on any atom is -0.350 e. The van der Waals surface area contributed by atoms with Crippen LogP contribution in [0.15, 0.2) is 53.6 Å². The summed E-state index contributed by atoms with van der Waals surface area (Å²) in [5, 5.41) is 3.09. The Morgan fingerprint density at radius 2 is 1.77 bits per heavy atom. The van der Waals surface area contributed by atoms with Crippen LogP contribution in [0.25, 0.3) is 0 Å². The average Bonchev–Trinajstić information content (AvgIpc) is 3.06. The SMILES string of the molecule is CC1=C[C@@H]2[C@@H]3[C@H](c4ccccc4)[C@H]1C(=O)[C@]21C(C)=CC(=O)N1[C@H]3C(=O)NC(C)(C)C. The average molecular weight is 405 g/mol. The van der Waals surface area contributed by atoms with Crippen LogP contribution in [0.1, 0.15) is 46.1 Å². The lowest BCUT2D eigenvalue weighted by atomic mass is 9.51. The number of allylic oxidation sites excluding steroid dienone is 1. The largest absolute Gasteiger partial charge is 0.350 e. The molecule has 6 atom stereocenters. The lowest BCUT2D eigenvalue weighted by molar-refractivity contribution is -0.144. The second-order valence-electron chi connectivity index (χ2n) is 10.3. The lowest BCUT2D eigenvalue weighted by Gasteiger charge is -2.50. The van der Waals surface area contributed by atoms with Gasteiger partial charge in [0.25, 0.3) is 0 Å². The molecule has 6 rings (SSSR count). The van der Waals surface area contributed by atoms with Crippen LogP contribution in [0.4, 0.5) is 0 Å². The fraction of sp³-hybridized carbons (Fsp3) is 0.480. The third-order valence-electron chi connectivity index (χ3n) is 7.41. The first-order valence-electron chi connectivity index (χ1n) is 10.7. The molecule has 0 unspecified atom stereocenters. The molecule has 1 saturated heterocycles. The maximum Gasteiger partial charge on any atom is 0.248 e. The highest BCUT2D eigenvalue weighted by molar-refractivity contribution is 6.11. The van der Waals surface area contributed by atoms with Gasteiger partial charge in [0.2, 0.25) is 11.8 Å². The number of Topliss-reactive ketones (excluding diaryl/α,β-unsaturated/α-hetero) is 1. The molecule has 1 saturated carbocycles. The third kappa shape index (κ3) is 2.21. The molecule has 1 aromatic rings. The minimum atomic E-state index is -1.00. The molecule has 2 aliphatic heterocycles. The van der Waals surface area contributed by atoms with Gasteiger partial charge in [-0.15, -0.1) is 0 Å². The summed E-state index contributed by atoms with van der Waals surface area (Å²) in [6.45, 7) is 9.70. The first-order chi connectivity index (χ1) is 14.1. The summed E-state index contributed by atoms with van der Waals surface area (Å²) in [5.74, 6) is -1.05. The molecule has 0 aromatic heterocycles. The van der Waals surface area contributed by atoms with Crippen LogP contribution in [0, 0.1) is 17.8 Å². The Bertz CT molecular complexity index is 1030. The van der Waals surface area contributed by atoms with Gasteiger partial charge in [-0.3, -0.25) is 14.4 Å². The number of rotatable bonds is 2. The summed E-state index contributed by atoms with van der Waals surface area (Å²) in [5.41, 5.74) is 1.47. The van der Waals surface area contributed by atoms with Gasteiger partial charge in [0.15, 0.2) is 5.78 Å². The van der Waals surface area contributed by atoms with Crippen molar-refractivity contribution in [2.45, 2.75) is 57.7 Å². The minimum absolute atomic E-state index is 0.0725. The highest BCUT2D eigenvalue weighted by Gasteiger charge is 2.76. The van der Waals surface area contributed by atoms with E-state index in [1.807, 2.05) is 65.0 Å². The number of ketones is 1. The normalized spacial score (nSPS) is 36.6. The molecule has 2 fully saturated rings. The van der Waals surface area contributed by atoms with E-state index in [2.05, 4.69) is 11.4 Å². The first kappa shape index (κ1) is 19.3. The van der Waals surface area contributed by atoms with Crippen molar-refractivity contribution in [3.05, 3.63) is 59.2 Å². The van der Waals surface area contributed by atoms with Crippen molar-refractivity contribution >= 4 is 17.6 Å². The zero-order valence-corrected chi connectivity index (χ0v) is 18.1. The Balaban J connectivity index is 1.74. The van der Waals surface area contributed by atoms with Crippen molar-refractivity contribution in [1.29, 1.82) is 0 Å². The molecule has 4 bridgehead atoms. The molecule has 2 amide bonds. The van der Waals surface area contributed by atoms with Crippen molar-refractivity contribution in [2.75, 3.05) is 0 Å². The van der Waals surface area contributed by atoms with Crippen LogP contribution in [0.5, 0.6) is 0 Å². The molecule has 156 valence electrons. The topological polar surface area (TPSA) is 66.5 Å². The van der Waals surface area contributed by atoms with E-state index >= 15 is 0 Å². The van der Waals surface area contributed by atoms with Crippen LogP contribution in [-0.4, -0.2) is 39.6 Å². The number of carbonyl (C=O) groups excluding carboxylic acids is 3. The Morgan fingerprint density at radius 3 is 2.40 bits per heavy atom. The highest BCUT2D eigenvalue weighted by atomic mass is 16.2. The van der Waals surface area contributed by atoms with E-state index < -0.39 is 17.1 Å². The van der Waals surface area contributed by atoms with Crippen LogP contribution in [-0.2, 0) is 14.4 Å². The van der Waals surface area contributed by atoms with E-state index in [0.29, 0.717) is 0 Å². The van der Waals surface area contributed by atoms with E-state index in [1.165, 1.54) is 0 Å². The monoisotopic (exact) mass is 404 g/mol. The van der Waals surface area contributed by atoms with Gasteiger partial charge < -0.3 is 10.2 Å².